The van der Waals surface area contributed by atoms with Crippen LogP contribution in [0, 0.1) is 0 Å². The highest BCUT2D eigenvalue weighted by Crippen LogP contribution is 2.42. The fourth-order valence-corrected chi connectivity index (χ4v) is 4.46. The topological polar surface area (TPSA) is 64.3 Å². The molecule has 0 amide bonds. The lowest BCUT2D eigenvalue weighted by Gasteiger charge is -2.30. The molecule has 8 heteroatoms. The van der Waals surface area contributed by atoms with Crippen molar-refractivity contribution in [3.63, 3.8) is 0 Å². The predicted octanol–water partition coefficient (Wildman–Crippen LogP) is -0.355. The summed E-state index contributed by atoms with van der Waals surface area (Å²) in [6, 6.07) is 8.29. The Morgan fingerprint density at radius 1 is 0.667 bits per heavy atom. The van der Waals surface area contributed by atoms with Gasteiger partial charge in [0, 0.05) is 11.1 Å². The van der Waals surface area contributed by atoms with Gasteiger partial charge >= 0.3 is 0 Å². The van der Waals surface area contributed by atoms with E-state index < -0.39 is 0 Å². The molecule has 2 N–H and O–H groups in total. The molecular weight excluding hydrogens is 388 g/mol. The summed E-state index contributed by atoms with van der Waals surface area (Å²) in [6.07, 6.45) is 0. The van der Waals surface area contributed by atoms with Gasteiger partial charge in [-0.05, 0) is 24.3 Å². The molecule has 3 aliphatic rings. The molecule has 0 unspecified atom stereocenters. The van der Waals surface area contributed by atoms with Gasteiger partial charge in [0.2, 0.25) is 25.1 Å². The lowest BCUT2D eigenvalue weighted by molar-refractivity contribution is -1.02. The first-order chi connectivity index (χ1) is 14.7. The van der Waals surface area contributed by atoms with Gasteiger partial charge < -0.3 is 38.2 Å². The van der Waals surface area contributed by atoms with E-state index in [1.807, 2.05) is 0 Å². The summed E-state index contributed by atoms with van der Waals surface area (Å²) in [5.41, 5.74) is 2.44. The summed E-state index contributed by atoms with van der Waals surface area (Å²) in [7, 11) is 3.34. The Labute approximate surface area is 175 Å². The second-order valence-electron chi connectivity index (χ2n) is 7.92. The van der Waals surface area contributed by atoms with Gasteiger partial charge in [-0.1, -0.05) is 0 Å². The Morgan fingerprint density at radius 2 is 1.10 bits per heavy atom. The third-order valence-electron chi connectivity index (χ3n) is 6.01. The van der Waals surface area contributed by atoms with E-state index in [0.29, 0.717) is 11.5 Å². The van der Waals surface area contributed by atoms with E-state index in [1.165, 1.54) is 11.1 Å². The van der Waals surface area contributed by atoms with Gasteiger partial charge in [-0.2, -0.15) is 0 Å². The molecule has 30 heavy (non-hydrogen) atoms. The summed E-state index contributed by atoms with van der Waals surface area (Å²) in [6.45, 7) is 6.91. The normalized spacial score (nSPS) is 21.5. The number of nitrogens with one attached hydrogen (secondary N) is 2. The van der Waals surface area contributed by atoms with Crippen molar-refractivity contribution in [2.24, 2.45) is 0 Å². The zero-order chi connectivity index (χ0) is 20.5. The lowest BCUT2D eigenvalue weighted by atomic mass is 10.1. The number of hydrogen-bond donors (Lipinski definition) is 2. The fourth-order valence-electron chi connectivity index (χ4n) is 4.46. The van der Waals surface area contributed by atoms with Crippen LogP contribution >= 0.6 is 0 Å². The first-order valence-electron chi connectivity index (χ1n) is 10.3. The van der Waals surface area contributed by atoms with Gasteiger partial charge in [0.25, 0.3) is 0 Å². The average molecular weight is 416 g/mol. The number of hydrogen-bond acceptors (Lipinski definition) is 6. The van der Waals surface area contributed by atoms with Crippen molar-refractivity contribution in [1.29, 1.82) is 0 Å². The second-order valence-corrected chi connectivity index (χ2v) is 7.92. The van der Waals surface area contributed by atoms with Crippen LogP contribution in [0.1, 0.15) is 11.1 Å². The maximum Gasteiger partial charge on any atom is 0.231 e. The fraction of sp³-hybridized carbons (Fsp3) is 0.455. The first-order valence-corrected chi connectivity index (χ1v) is 10.3. The number of fused-ring (bicyclic) bond motifs is 2. The van der Waals surface area contributed by atoms with Gasteiger partial charge in [0.05, 0.1) is 14.2 Å². The Kier molecular flexibility index (Phi) is 5.18. The van der Waals surface area contributed by atoms with E-state index in [4.69, 9.17) is 28.4 Å². The van der Waals surface area contributed by atoms with Crippen LogP contribution in [0.3, 0.4) is 0 Å². The third kappa shape index (κ3) is 3.68. The largest absolute Gasteiger partial charge is 0.493 e. The van der Waals surface area contributed by atoms with Crippen molar-refractivity contribution in [3.05, 3.63) is 35.4 Å². The molecule has 2 aromatic rings. The quantitative estimate of drug-likeness (QED) is 0.671. The highest BCUT2D eigenvalue weighted by Gasteiger charge is 2.27. The van der Waals surface area contributed by atoms with Crippen molar-refractivity contribution in [2.45, 2.75) is 13.1 Å². The highest BCUT2D eigenvalue weighted by atomic mass is 16.7. The Morgan fingerprint density at radius 3 is 1.50 bits per heavy atom. The Hall–Kier alpha value is -2.84. The van der Waals surface area contributed by atoms with Gasteiger partial charge in [0.15, 0.2) is 23.0 Å². The van der Waals surface area contributed by atoms with Crippen LogP contribution in [0.15, 0.2) is 24.3 Å². The number of methoxy groups -OCH3 is 2. The highest BCUT2D eigenvalue weighted by molar-refractivity contribution is 5.55. The zero-order valence-electron chi connectivity index (χ0n) is 17.4. The zero-order valence-corrected chi connectivity index (χ0v) is 17.4. The van der Waals surface area contributed by atoms with Gasteiger partial charge in [-0.3, -0.25) is 0 Å². The minimum absolute atomic E-state index is 0.259. The molecule has 5 rings (SSSR count). The molecule has 3 aliphatic heterocycles. The minimum atomic E-state index is 0.259. The Bertz CT molecular complexity index is 851. The molecule has 160 valence electrons. The lowest BCUT2D eigenvalue weighted by Crippen LogP contribution is -3.27. The van der Waals surface area contributed by atoms with Crippen LogP contribution in [0.2, 0.25) is 0 Å². The van der Waals surface area contributed by atoms with Crippen molar-refractivity contribution in [1.82, 2.24) is 0 Å². The molecule has 0 radical (unpaired) electrons. The van der Waals surface area contributed by atoms with Crippen molar-refractivity contribution in [2.75, 3.05) is 54.0 Å². The van der Waals surface area contributed by atoms with Crippen LogP contribution in [-0.4, -0.2) is 54.0 Å². The SMILES string of the molecule is COc1cc(C[NH+]2CC[NH+](Cc3cc(OC)c4c(c3)OCO4)CC2)cc2c1OCO2. The van der Waals surface area contributed by atoms with Crippen LogP contribution in [0.5, 0.6) is 34.5 Å². The summed E-state index contributed by atoms with van der Waals surface area (Å²) in [5.74, 6) is 4.49. The van der Waals surface area contributed by atoms with Crippen molar-refractivity contribution in [3.8, 4) is 34.5 Å². The number of piperazine rings is 1. The standard InChI is InChI=1S/C22H26N2O6/c1-25-17-7-15(9-19-21(17)29-13-27-19)11-23-3-5-24(6-4-23)12-16-8-18(26-2)22-20(10-16)28-14-30-22/h7-10H,3-6,11-14H2,1-2H3/p+2. The van der Waals surface area contributed by atoms with E-state index in [-0.39, 0.29) is 13.6 Å². The molecule has 0 bridgehead atoms. The predicted molar refractivity (Wildman–Crippen MR) is 107 cm³/mol. The van der Waals surface area contributed by atoms with Crippen LogP contribution in [-0.2, 0) is 13.1 Å². The van der Waals surface area contributed by atoms with E-state index in [1.54, 1.807) is 24.0 Å². The summed E-state index contributed by atoms with van der Waals surface area (Å²) in [4.78, 5) is 3.14. The number of ether oxygens (including phenoxy) is 6. The van der Waals surface area contributed by atoms with Gasteiger partial charge in [-0.25, -0.2) is 0 Å². The maximum absolute atomic E-state index is 5.56. The second kappa shape index (κ2) is 8.12. The summed E-state index contributed by atoms with van der Waals surface area (Å²) in [5, 5.41) is 0. The number of rotatable bonds is 6. The molecule has 0 aliphatic carbocycles. The van der Waals surface area contributed by atoms with E-state index >= 15 is 0 Å². The van der Waals surface area contributed by atoms with Crippen LogP contribution in [0.25, 0.3) is 0 Å². The molecule has 0 spiro atoms. The molecule has 3 heterocycles. The number of quaternary nitrogens is 2. The molecule has 0 atom stereocenters. The molecule has 2 aromatic carbocycles. The molecule has 0 aromatic heterocycles. The third-order valence-corrected chi connectivity index (χ3v) is 6.01. The molecule has 1 fully saturated rings. The molecule has 0 saturated carbocycles. The smallest absolute Gasteiger partial charge is 0.231 e. The minimum Gasteiger partial charge on any atom is -0.493 e. The van der Waals surface area contributed by atoms with Crippen molar-refractivity contribution >= 4 is 0 Å². The molecule has 8 nitrogen and oxygen atoms in total. The number of benzene rings is 2. The van der Waals surface area contributed by atoms with Gasteiger partial charge in [0.1, 0.15) is 39.3 Å². The monoisotopic (exact) mass is 416 g/mol. The van der Waals surface area contributed by atoms with Crippen LogP contribution < -0.4 is 38.2 Å². The Balaban J connectivity index is 1.19. The maximum atomic E-state index is 5.56. The van der Waals surface area contributed by atoms with Gasteiger partial charge in [-0.15, -0.1) is 0 Å². The van der Waals surface area contributed by atoms with E-state index in [2.05, 4.69) is 24.3 Å². The first kappa shape index (κ1) is 19.1. The average Bonchev–Trinajstić information content (AvgIpc) is 3.43. The van der Waals surface area contributed by atoms with E-state index in [9.17, 15) is 0 Å². The van der Waals surface area contributed by atoms with Crippen molar-refractivity contribution < 1.29 is 38.2 Å². The summed E-state index contributed by atoms with van der Waals surface area (Å²) >= 11 is 0. The van der Waals surface area contributed by atoms with Crippen LogP contribution in [0.4, 0.5) is 0 Å². The molecule has 1 saturated heterocycles. The molecular formula is C22H28N2O6+2. The van der Waals surface area contributed by atoms with E-state index in [0.717, 1.165) is 62.3 Å². The summed E-state index contributed by atoms with van der Waals surface area (Å²) < 4.78 is 33.1.